The van der Waals surface area contributed by atoms with Gasteiger partial charge in [-0.25, -0.2) is 4.39 Å². The summed E-state index contributed by atoms with van der Waals surface area (Å²) in [6.07, 6.45) is 0. The highest BCUT2D eigenvalue weighted by Crippen LogP contribution is 2.19. The van der Waals surface area contributed by atoms with E-state index < -0.39 is 17.6 Å². The van der Waals surface area contributed by atoms with Crippen LogP contribution in [0.25, 0.3) is 0 Å². The van der Waals surface area contributed by atoms with Gasteiger partial charge in [-0.15, -0.1) is 0 Å². The smallest absolute Gasteiger partial charge is 0.241 e. The average Bonchev–Trinajstić information content (AvgIpc) is 2.22. The predicted octanol–water partition coefficient (Wildman–Crippen LogP) is 2.69. The van der Waals surface area contributed by atoms with Gasteiger partial charge in [0.25, 0.3) is 0 Å². The van der Waals surface area contributed by atoms with Crippen molar-refractivity contribution >= 4 is 27.5 Å². The van der Waals surface area contributed by atoms with E-state index in [1.54, 1.807) is 12.1 Å². The van der Waals surface area contributed by atoms with Gasteiger partial charge in [0.05, 0.1) is 10.5 Å². The van der Waals surface area contributed by atoms with Crippen molar-refractivity contribution in [3.63, 3.8) is 0 Å². The van der Waals surface area contributed by atoms with E-state index >= 15 is 0 Å². The lowest BCUT2D eigenvalue weighted by Crippen LogP contribution is -2.18. The summed E-state index contributed by atoms with van der Waals surface area (Å²) >= 11 is 3.00. The van der Waals surface area contributed by atoms with Crippen LogP contribution >= 0.6 is 15.9 Å². The second kappa shape index (κ2) is 4.89. The quantitative estimate of drug-likeness (QED) is 0.899. The molecule has 0 heterocycles. The molecular formula is C10H8BrFN2O. The summed E-state index contributed by atoms with van der Waals surface area (Å²) in [5.74, 6) is -1.66. The van der Waals surface area contributed by atoms with Crippen molar-refractivity contribution in [3.8, 4) is 6.07 Å². The van der Waals surface area contributed by atoms with Gasteiger partial charge in [-0.1, -0.05) is 0 Å². The molecule has 0 aliphatic rings. The molecule has 0 aromatic heterocycles. The van der Waals surface area contributed by atoms with Crippen molar-refractivity contribution < 1.29 is 9.18 Å². The van der Waals surface area contributed by atoms with Crippen LogP contribution in [0.3, 0.4) is 0 Å². The van der Waals surface area contributed by atoms with E-state index in [4.69, 9.17) is 5.26 Å². The van der Waals surface area contributed by atoms with E-state index in [9.17, 15) is 9.18 Å². The molecule has 0 saturated heterocycles. The van der Waals surface area contributed by atoms with E-state index in [1.807, 2.05) is 0 Å². The van der Waals surface area contributed by atoms with Crippen LogP contribution in [0.15, 0.2) is 22.7 Å². The molecule has 1 atom stereocenters. The Bertz CT molecular complexity index is 428. The van der Waals surface area contributed by atoms with Gasteiger partial charge in [0.15, 0.2) is 0 Å². The van der Waals surface area contributed by atoms with Crippen LogP contribution in [0.5, 0.6) is 0 Å². The van der Waals surface area contributed by atoms with E-state index in [2.05, 4.69) is 21.2 Å². The summed E-state index contributed by atoms with van der Waals surface area (Å²) in [5, 5.41) is 10.9. The number of halogens is 2. The number of hydrogen-bond acceptors (Lipinski definition) is 2. The summed E-state index contributed by atoms with van der Waals surface area (Å²) in [4.78, 5) is 11.3. The third kappa shape index (κ3) is 3.03. The average molecular weight is 271 g/mol. The van der Waals surface area contributed by atoms with Crippen molar-refractivity contribution in [1.29, 1.82) is 5.26 Å². The van der Waals surface area contributed by atoms with Crippen LogP contribution in [0.1, 0.15) is 6.92 Å². The summed E-state index contributed by atoms with van der Waals surface area (Å²) in [7, 11) is 0. The minimum atomic E-state index is -0.753. The van der Waals surface area contributed by atoms with Crippen molar-refractivity contribution in [1.82, 2.24) is 0 Å². The summed E-state index contributed by atoms with van der Waals surface area (Å²) in [5.41, 5.74) is 0.336. The molecule has 15 heavy (non-hydrogen) atoms. The molecule has 0 aliphatic heterocycles. The number of amides is 1. The molecule has 0 spiro atoms. The minimum absolute atomic E-state index is 0.328. The molecule has 0 radical (unpaired) electrons. The number of hydrogen-bond donors (Lipinski definition) is 1. The van der Waals surface area contributed by atoms with Crippen LogP contribution < -0.4 is 5.32 Å². The van der Waals surface area contributed by atoms with E-state index in [0.717, 1.165) is 0 Å². The topological polar surface area (TPSA) is 52.9 Å². The maximum absolute atomic E-state index is 13.0. The van der Waals surface area contributed by atoms with Crippen LogP contribution in [0.2, 0.25) is 0 Å². The van der Waals surface area contributed by atoms with Gasteiger partial charge in [-0.3, -0.25) is 4.79 Å². The Balaban J connectivity index is 2.78. The Kier molecular flexibility index (Phi) is 3.81. The molecule has 0 saturated carbocycles. The van der Waals surface area contributed by atoms with E-state index in [-0.39, 0.29) is 0 Å². The number of benzene rings is 1. The number of carbonyl (C=O) groups is 1. The Hall–Kier alpha value is -1.41. The monoisotopic (exact) mass is 270 g/mol. The zero-order valence-electron chi connectivity index (χ0n) is 7.92. The Labute approximate surface area is 95.0 Å². The molecule has 1 aromatic carbocycles. The van der Waals surface area contributed by atoms with Gasteiger partial charge in [0.1, 0.15) is 11.7 Å². The van der Waals surface area contributed by atoms with Crippen LogP contribution in [-0.2, 0) is 4.79 Å². The van der Waals surface area contributed by atoms with Crippen molar-refractivity contribution in [2.75, 3.05) is 5.32 Å². The van der Waals surface area contributed by atoms with Crippen LogP contribution in [-0.4, -0.2) is 5.91 Å². The second-order valence-corrected chi connectivity index (χ2v) is 3.82. The second-order valence-electron chi connectivity index (χ2n) is 2.97. The molecule has 1 aromatic rings. The molecule has 1 unspecified atom stereocenters. The number of carbonyl (C=O) groups excluding carboxylic acids is 1. The fourth-order valence-electron chi connectivity index (χ4n) is 0.883. The molecule has 3 nitrogen and oxygen atoms in total. The Morgan fingerprint density at radius 3 is 2.87 bits per heavy atom. The SMILES string of the molecule is CC(C#N)C(=O)Nc1ccc(Br)c(F)c1. The Morgan fingerprint density at radius 1 is 1.67 bits per heavy atom. The third-order valence-electron chi connectivity index (χ3n) is 1.77. The maximum Gasteiger partial charge on any atom is 0.241 e. The lowest BCUT2D eigenvalue weighted by molar-refractivity contribution is -0.117. The highest BCUT2D eigenvalue weighted by Gasteiger charge is 2.12. The first kappa shape index (κ1) is 11.7. The van der Waals surface area contributed by atoms with Gasteiger partial charge in [-0.05, 0) is 41.1 Å². The van der Waals surface area contributed by atoms with Gasteiger partial charge in [-0.2, -0.15) is 5.26 Å². The van der Waals surface area contributed by atoms with E-state index in [1.165, 1.54) is 19.1 Å². The van der Waals surface area contributed by atoms with Gasteiger partial charge < -0.3 is 5.32 Å². The first-order valence-corrected chi connectivity index (χ1v) is 4.99. The van der Waals surface area contributed by atoms with E-state index in [0.29, 0.717) is 10.2 Å². The molecule has 1 amide bonds. The van der Waals surface area contributed by atoms with Crippen molar-refractivity contribution in [2.45, 2.75) is 6.92 Å². The molecule has 0 aliphatic carbocycles. The fourth-order valence-corrected chi connectivity index (χ4v) is 1.13. The van der Waals surface area contributed by atoms with Crippen LogP contribution in [0.4, 0.5) is 10.1 Å². The number of nitriles is 1. The van der Waals surface area contributed by atoms with Gasteiger partial charge >= 0.3 is 0 Å². The minimum Gasteiger partial charge on any atom is -0.325 e. The molecule has 0 fully saturated rings. The van der Waals surface area contributed by atoms with Crippen LogP contribution in [0, 0.1) is 23.1 Å². The highest BCUT2D eigenvalue weighted by molar-refractivity contribution is 9.10. The molecular weight excluding hydrogens is 263 g/mol. The normalized spacial score (nSPS) is 11.6. The number of nitrogens with zero attached hydrogens (tertiary/aromatic N) is 1. The predicted molar refractivity (Wildman–Crippen MR) is 57.5 cm³/mol. The van der Waals surface area contributed by atoms with Crippen molar-refractivity contribution in [3.05, 3.63) is 28.5 Å². The highest BCUT2D eigenvalue weighted by atomic mass is 79.9. The third-order valence-corrected chi connectivity index (χ3v) is 2.42. The largest absolute Gasteiger partial charge is 0.325 e. The zero-order chi connectivity index (χ0) is 11.4. The number of nitrogens with one attached hydrogen (secondary N) is 1. The van der Waals surface area contributed by atoms with Crippen molar-refractivity contribution in [2.24, 2.45) is 5.92 Å². The Morgan fingerprint density at radius 2 is 2.33 bits per heavy atom. The maximum atomic E-state index is 13.0. The number of anilines is 1. The molecule has 5 heteroatoms. The molecule has 1 rings (SSSR count). The number of rotatable bonds is 2. The first-order chi connectivity index (χ1) is 7.04. The van der Waals surface area contributed by atoms with Gasteiger partial charge in [0, 0.05) is 5.69 Å². The molecule has 1 N–H and O–H groups in total. The standard InChI is InChI=1S/C10H8BrFN2O/c1-6(5-13)10(15)14-7-2-3-8(11)9(12)4-7/h2-4,6H,1H3,(H,14,15). The zero-order valence-corrected chi connectivity index (χ0v) is 9.51. The first-order valence-electron chi connectivity index (χ1n) is 4.20. The molecule has 0 bridgehead atoms. The lowest BCUT2D eigenvalue weighted by atomic mass is 10.2. The summed E-state index contributed by atoms with van der Waals surface area (Å²) < 4.78 is 13.4. The summed E-state index contributed by atoms with van der Waals surface area (Å²) in [6.45, 7) is 1.48. The summed E-state index contributed by atoms with van der Waals surface area (Å²) in [6, 6.07) is 6.02. The fraction of sp³-hybridized carbons (Fsp3) is 0.200. The van der Waals surface area contributed by atoms with Gasteiger partial charge in [0.2, 0.25) is 5.91 Å². The lowest BCUT2D eigenvalue weighted by Gasteiger charge is -2.06. The molecule has 78 valence electrons.